The highest BCUT2D eigenvalue weighted by atomic mass is 16.7. The van der Waals surface area contributed by atoms with E-state index in [2.05, 4.69) is 10.2 Å². The third-order valence-corrected chi connectivity index (χ3v) is 14.3. The Kier molecular flexibility index (Phi) is 10.9. The summed E-state index contributed by atoms with van der Waals surface area (Å²) in [6, 6.07) is 18.0. The Bertz CT molecular complexity index is 2680. The average molecular weight is 904 g/mol. The number of anilines is 1. The molecule has 6 aliphatic rings. The van der Waals surface area contributed by atoms with Gasteiger partial charge in [-0.15, -0.1) is 0 Å². The minimum absolute atomic E-state index is 0.0578. The van der Waals surface area contributed by atoms with Crippen LogP contribution >= 0.6 is 0 Å². The quantitative estimate of drug-likeness (QED) is 0.125. The van der Waals surface area contributed by atoms with E-state index >= 15 is 0 Å². The molecule has 17 nitrogen and oxygen atoms in total. The monoisotopic (exact) mass is 903 g/mol. The molecule has 0 spiro atoms. The van der Waals surface area contributed by atoms with E-state index in [0.29, 0.717) is 13.2 Å². The van der Waals surface area contributed by atoms with Gasteiger partial charge in [-0.1, -0.05) is 60.7 Å². The number of ether oxygens (including phenoxy) is 5. The predicted molar refractivity (Wildman–Crippen MR) is 232 cm³/mol. The fourth-order valence-electron chi connectivity index (χ4n) is 11.0. The molecular formula is C49H49N3O14. The molecule has 4 aromatic carbocycles. The van der Waals surface area contributed by atoms with Crippen molar-refractivity contribution in [1.82, 2.24) is 9.80 Å². The van der Waals surface area contributed by atoms with E-state index in [0.717, 1.165) is 27.2 Å². The van der Waals surface area contributed by atoms with Gasteiger partial charge in [0, 0.05) is 68.1 Å². The number of carbonyl (C=O) groups is 5. The lowest BCUT2D eigenvalue weighted by atomic mass is 9.72. The van der Waals surface area contributed by atoms with Crippen molar-refractivity contribution in [2.45, 2.75) is 101 Å². The highest BCUT2D eigenvalue weighted by Gasteiger charge is 2.55. The molecule has 2 amide bonds. The van der Waals surface area contributed by atoms with E-state index in [1.54, 1.807) is 0 Å². The fraction of sp³-hybridized carbons (Fsp3) is 0.408. The van der Waals surface area contributed by atoms with Gasteiger partial charge in [0.15, 0.2) is 36.2 Å². The van der Waals surface area contributed by atoms with Crippen LogP contribution in [0.15, 0.2) is 66.7 Å². The molecular weight excluding hydrogens is 855 g/mol. The molecule has 9 atom stereocenters. The minimum Gasteiger partial charge on any atom is -0.507 e. The first-order chi connectivity index (χ1) is 31.6. The molecule has 10 rings (SSSR count). The summed E-state index contributed by atoms with van der Waals surface area (Å²) < 4.78 is 30.4. The zero-order valence-electron chi connectivity index (χ0n) is 36.6. The highest BCUT2D eigenvalue weighted by Crippen LogP contribution is 2.53. The summed E-state index contributed by atoms with van der Waals surface area (Å²) in [6.07, 6.45) is -6.29. The number of rotatable bonds is 9. The summed E-state index contributed by atoms with van der Waals surface area (Å²) in [5, 5.41) is 49.1. The molecule has 0 unspecified atom stereocenters. The Labute approximate surface area is 378 Å². The zero-order chi connectivity index (χ0) is 46.5. The van der Waals surface area contributed by atoms with E-state index in [1.165, 1.54) is 39.2 Å². The number of ketones is 3. The summed E-state index contributed by atoms with van der Waals surface area (Å²) in [4.78, 5) is 72.4. The smallest absolute Gasteiger partial charge is 0.408 e. The number of phenols is 2. The van der Waals surface area contributed by atoms with Crippen LogP contribution in [0.25, 0.3) is 11.1 Å². The number of methoxy groups -OCH3 is 1. The number of aromatic hydroxyl groups is 2. The Morgan fingerprint density at radius 3 is 2.26 bits per heavy atom. The molecule has 66 heavy (non-hydrogen) atoms. The van der Waals surface area contributed by atoms with Crippen molar-refractivity contribution in [3.05, 3.63) is 111 Å². The van der Waals surface area contributed by atoms with Gasteiger partial charge in [-0.05, 0) is 49.1 Å². The number of hydrogen-bond acceptors (Lipinski definition) is 14. The molecule has 0 aromatic heterocycles. The number of amides is 2. The van der Waals surface area contributed by atoms with Crippen LogP contribution in [-0.4, -0.2) is 135 Å². The van der Waals surface area contributed by atoms with Gasteiger partial charge in [-0.2, -0.15) is 0 Å². The summed E-state index contributed by atoms with van der Waals surface area (Å²) >= 11 is 0. The molecule has 4 aromatic rings. The van der Waals surface area contributed by atoms with Crippen LogP contribution in [0.4, 0.5) is 10.5 Å². The zero-order valence-corrected chi connectivity index (χ0v) is 36.6. The SMILES string of the molecule is CO[C@H]1OCCN2[C@@H]1O[C@@H]1[C@H](C)O[C@@H](O[C@H]3C[C@](O)(C(C)=O)Cc4c(O)c5c(c(O)c43)C(=O)c3c(NC(=O)[C@H](C)N(CC4c6ccccc6-c6ccccc64)C(=O)O)cccc3C5=O)C[C@@H]12. The number of fused-ring (bicyclic) bond motifs is 9. The molecule has 344 valence electrons. The lowest BCUT2D eigenvalue weighted by Gasteiger charge is -2.43. The number of Topliss-reactive ketones (excluding diaryl/α,β-unsaturated/α-hetero) is 1. The Morgan fingerprint density at radius 2 is 1.59 bits per heavy atom. The molecule has 3 aliphatic carbocycles. The molecule has 3 heterocycles. The van der Waals surface area contributed by atoms with Crippen molar-refractivity contribution in [2.75, 3.05) is 32.1 Å². The summed E-state index contributed by atoms with van der Waals surface area (Å²) in [7, 11) is 1.53. The van der Waals surface area contributed by atoms with Gasteiger partial charge in [-0.25, -0.2) is 4.79 Å². The molecule has 3 fully saturated rings. The first-order valence-electron chi connectivity index (χ1n) is 22.0. The van der Waals surface area contributed by atoms with Gasteiger partial charge in [-0.3, -0.25) is 29.0 Å². The van der Waals surface area contributed by atoms with Gasteiger partial charge >= 0.3 is 6.09 Å². The summed E-state index contributed by atoms with van der Waals surface area (Å²) in [6.45, 7) is 5.32. The second-order valence-corrected chi connectivity index (χ2v) is 17.9. The number of aliphatic hydroxyl groups is 1. The van der Waals surface area contributed by atoms with Crippen molar-refractivity contribution < 1.29 is 68.1 Å². The topological polar surface area (TPSA) is 231 Å². The molecule has 5 N–H and O–H groups in total. The molecule has 3 aliphatic heterocycles. The fourth-order valence-corrected chi connectivity index (χ4v) is 11.0. The first kappa shape index (κ1) is 43.8. The van der Waals surface area contributed by atoms with E-state index in [-0.39, 0.29) is 65.4 Å². The Hall–Kier alpha value is -6.05. The second kappa shape index (κ2) is 16.4. The second-order valence-electron chi connectivity index (χ2n) is 17.9. The van der Waals surface area contributed by atoms with Crippen LogP contribution in [0.5, 0.6) is 11.5 Å². The Balaban J connectivity index is 0.959. The molecule has 17 heteroatoms. The summed E-state index contributed by atoms with van der Waals surface area (Å²) in [5.74, 6) is -5.01. The van der Waals surface area contributed by atoms with E-state index in [9.17, 15) is 44.4 Å². The van der Waals surface area contributed by atoms with Crippen LogP contribution in [0.1, 0.15) is 99.7 Å². The largest absolute Gasteiger partial charge is 0.507 e. The molecule has 0 bridgehead atoms. The van der Waals surface area contributed by atoms with Gasteiger partial charge in [0.2, 0.25) is 5.91 Å². The molecule has 0 saturated carbocycles. The lowest BCUT2D eigenvalue weighted by Crippen LogP contribution is -2.55. The predicted octanol–water partition coefficient (Wildman–Crippen LogP) is 4.85. The van der Waals surface area contributed by atoms with Gasteiger partial charge in [0.1, 0.15) is 29.2 Å². The Morgan fingerprint density at radius 1 is 0.924 bits per heavy atom. The van der Waals surface area contributed by atoms with Crippen LogP contribution in [0, 0.1) is 0 Å². The molecule has 0 radical (unpaired) electrons. The summed E-state index contributed by atoms with van der Waals surface area (Å²) in [5.41, 5.74) is -0.270. The number of phenolic OH excluding ortho intramolecular Hbond substituents is 2. The third-order valence-electron chi connectivity index (χ3n) is 14.3. The number of nitrogens with one attached hydrogen (secondary N) is 1. The van der Waals surface area contributed by atoms with Crippen LogP contribution in [0.3, 0.4) is 0 Å². The van der Waals surface area contributed by atoms with Crippen molar-refractivity contribution in [3.63, 3.8) is 0 Å². The van der Waals surface area contributed by atoms with Crippen molar-refractivity contribution in [2.24, 2.45) is 0 Å². The van der Waals surface area contributed by atoms with E-state index in [1.807, 2.05) is 55.5 Å². The number of carboxylic acid groups (broad SMARTS) is 1. The number of hydrogen-bond donors (Lipinski definition) is 5. The third kappa shape index (κ3) is 6.82. The minimum atomic E-state index is -2.10. The highest BCUT2D eigenvalue weighted by molar-refractivity contribution is 6.32. The van der Waals surface area contributed by atoms with E-state index in [4.69, 9.17) is 23.7 Å². The maximum atomic E-state index is 14.8. The van der Waals surface area contributed by atoms with Crippen molar-refractivity contribution in [3.8, 4) is 22.6 Å². The molecule has 3 saturated heterocycles. The maximum Gasteiger partial charge on any atom is 0.408 e. The van der Waals surface area contributed by atoms with Gasteiger partial charge in [0.05, 0.1) is 41.2 Å². The number of nitrogens with zero attached hydrogens (tertiary/aromatic N) is 2. The standard InChI is InChI=1S/C49H49N3O14/c1-22(52(48(59)60)21-31-27-12-7-5-10-25(27)26-11-6-8-13-28(26)31)45(58)50-32-15-9-14-29-36(32)42(56)39-38(40(29)54)41(55)30-19-49(61,24(3)53)20-34(37(30)43(39)57)65-35-18-33-44(23(2)64-35)66-46-47(62-4)63-17-16-51(33)46/h5-15,22-23,31,33-35,44,46-47,55,57,61H,16-21H2,1-4H3,(H,50,58)(H,59,60)/t22-,23-,33-,34-,35-,44+,46+,47-,49-/m0/s1. The number of carbonyl (C=O) groups excluding carboxylic acids is 4. The van der Waals surface area contributed by atoms with Crippen molar-refractivity contribution >= 4 is 35.0 Å². The van der Waals surface area contributed by atoms with Gasteiger partial charge in [0.25, 0.3) is 0 Å². The lowest BCUT2D eigenvalue weighted by molar-refractivity contribution is -0.256. The maximum absolute atomic E-state index is 14.8. The normalized spacial score (nSPS) is 27.9. The average Bonchev–Trinajstić information content (AvgIpc) is 3.84. The van der Waals surface area contributed by atoms with Crippen molar-refractivity contribution in [1.29, 1.82) is 0 Å². The number of morpholine rings is 1. The van der Waals surface area contributed by atoms with Crippen LogP contribution in [0.2, 0.25) is 0 Å². The number of benzene rings is 4. The first-order valence-corrected chi connectivity index (χ1v) is 22.0. The van der Waals surface area contributed by atoms with E-state index < -0.39 is 101 Å². The van der Waals surface area contributed by atoms with Crippen LogP contribution in [-0.2, 0) is 39.7 Å². The van der Waals surface area contributed by atoms with Crippen LogP contribution < -0.4 is 5.32 Å². The van der Waals surface area contributed by atoms with Gasteiger partial charge < -0.3 is 49.4 Å².